The van der Waals surface area contributed by atoms with Crippen LogP contribution in [-0.2, 0) is 0 Å². The Bertz CT molecular complexity index is 1180. The zero-order valence-electron chi connectivity index (χ0n) is 14.3. The third kappa shape index (κ3) is 3.68. The molecule has 1 aromatic heterocycles. The summed E-state index contributed by atoms with van der Waals surface area (Å²) in [5.41, 5.74) is 4.39. The Balaban J connectivity index is 1.72. The SMILES string of the molecule is Cc1ccc2nc(-c3cc(N=Cc4cc(Cl)ccc4O)ccc3Cl)oc2c1. The number of halogens is 2. The van der Waals surface area contributed by atoms with Crippen molar-refractivity contribution in [2.45, 2.75) is 6.92 Å². The van der Waals surface area contributed by atoms with Crippen LogP contribution in [0.3, 0.4) is 0 Å². The molecule has 4 nitrogen and oxygen atoms in total. The molecule has 134 valence electrons. The number of fused-ring (bicyclic) bond motifs is 1. The van der Waals surface area contributed by atoms with E-state index in [1.54, 1.807) is 36.5 Å². The summed E-state index contributed by atoms with van der Waals surface area (Å²) in [4.78, 5) is 8.91. The number of aromatic nitrogens is 1. The van der Waals surface area contributed by atoms with Gasteiger partial charge in [-0.05, 0) is 61.0 Å². The molecule has 0 bridgehead atoms. The van der Waals surface area contributed by atoms with Crippen molar-refractivity contribution in [1.82, 2.24) is 4.98 Å². The third-order valence-electron chi connectivity index (χ3n) is 4.07. The van der Waals surface area contributed by atoms with Gasteiger partial charge in [-0.25, -0.2) is 4.98 Å². The number of aryl methyl sites for hydroxylation is 1. The second-order valence-corrected chi connectivity index (χ2v) is 6.96. The van der Waals surface area contributed by atoms with Crippen molar-refractivity contribution in [2.75, 3.05) is 0 Å². The minimum absolute atomic E-state index is 0.103. The molecule has 0 atom stereocenters. The summed E-state index contributed by atoms with van der Waals surface area (Å²) >= 11 is 12.3. The molecule has 0 aliphatic rings. The van der Waals surface area contributed by atoms with E-state index in [2.05, 4.69) is 9.98 Å². The molecule has 0 radical (unpaired) electrons. The number of hydrogen-bond donors (Lipinski definition) is 1. The van der Waals surface area contributed by atoms with Crippen LogP contribution >= 0.6 is 23.2 Å². The predicted molar refractivity (Wildman–Crippen MR) is 110 cm³/mol. The average Bonchev–Trinajstić information content (AvgIpc) is 3.06. The molecule has 1 heterocycles. The summed E-state index contributed by atoms with van der Waals surface area (Å²) in [6.07, 6.45) is 1.55. The molecule has 0 fully saturated rings. The molecule has 0 spiro atoms. The maximum atomic E-state index is 9.90. The van der Waals surface area contributed by atoms with E-state index in [4.69, 9.17) is 27.6 Å². The number of benzene rings is 3. The number of phenolic OH excluding ortho intramolecular Hbond substituents is 1. The summed E-state index contributed by atoms with van der Waals surface area (Å²) in [6.45, 7) is 2.00. The fraction of sp³-hybridized carbons (Fsp3) is 0.0476. The van der Waals surface area contributed by atoms with Crippen molar-refractivity contribution >= 4 is 46.2 Å². The number of aromatic hydroxyl groups is 1. The number of rotatable bonds is 3. The second-order valence-electron chi connectivity index (χ2n) is 6.12. The quantitative estimate of drug-likeness (QED) is 0.398. The monoisotopic (exact) mass is 396 g/mol. The largest absolute Gasteiger partial charge is 0.507 e. The Hall–Kier alpha value is -2.82. The van der Waals surface area contributed by atoms with E-state index >= 15 is 0 Å². The van der Waals surface area contributed by atoms with Crippen molar-refractivity contribution in [3.63, 3.8) is 0 Å². The molecular weight excluding hydrogens is 383 g/mol. The first-order valence-corrected chi connectivity index (χ1v) is 8.95. The summed E-state index contributed by atoms with van der Waals surface area (Å²) in [5.74, 6) is 0.537. The minimum Gasteiger partial charge on any atom is -0.507 e. The van der Waals surface area contributed by atoms with Crippen molar-refractivity contribution < 1.29 is 9.52 Å². The Kier molecular flexibility index (Phi) is 4.60. The molecule has 0 aliphatic heterocycles. The van der Waals surface area contributed by atoms with Gasteiger partial charge in [0.25, 0.3) is 0 Å². The predicted octanol–water partition coefficient (Wildman–Crippen LogP) is 6.57. The highest BCUT2D eigenvalue weighted by Crippen LogP contribution is 2.33. The van der Waals surface area contributed by atoms with Crippen LogP contribution in [0.5, 0.6) is 5.75 Å². The fourth-order valence-electron chi connectivity index (χ4n) is 2.68. The molecule has 0 saturated heterocycles. The van der Waals surface area contributed by atoms with Crippen molar-refractivity contribution in [2.24, 2.45) is 4.99 Å². The van der Waals surface area contributed by atoms with Gasteiger partial charge in [0.2, 0.25) is 5.89 Å². The lowest BCUT2D eigenvalue weighted by atomic mass is 10.2. The van der Waals surface area contributed by atoms with Crippen LogP contribution in [0.2, 0.25) is 10.0 Å². The molecule has 27 heavy (non-hydrogen) atoms. The van der Waals surface area contributed by atoms with Crippen molar-refractivity contribution in [3.8, 4) is 17.2 Å². The molecule has 0 aliphatic carbocycles. The van der Waals surface area contributed by atoms with E-state index in [9.17, 15) is 5.11 Å². The lowest BCUT2D eigenvalue weighted by Gasteiger charge is -2.02. The number of aliphatic imine (C=N–C) groups is 1. The maximum absolute atomic E-state index is 9.90. The molecule has 1 N–H and O–H groups in total. The average molecular weight is 397 g/mol. The minimum atomic E-state index is 0.103. The molecule has 3 aromatic carbocycles. The van der Waals surface area contributed by atoms with E-state index < -0.39 is 0 Å². The summed E-state index contributed by atoms with van der Waals surface area (Å²) < 4.78 is 5.86. The van der Waals surface area contributed by atoms with Crippen LogP contribution in [0, 0.1) is 6.92 Å². The van der Waals surface area contributed by atoms with Crippen LogP contribution in [-0.4, -0.2) is 16.3 Å². The van der Waals surface area contributed by atoms with Crippen LogP contribution in [0.15, 0.2) is 64.0 Å². The van der Waals surface area contributed by atoms with E-state index in [1.807, 2.05) is 25.1 Å². The van der Waals surface area contributed by atoms with E-state index in [0.717, 1.165) is 11.1 Å². The van der Waals surface area contributed by atoms with Crippen molar-refractivity contribution in [1.29, 1.82) is 0 Å². The van der Waals surface area contributed by atoms with Crippen LogP contribution in [0.4, 0.5) is 5.69 Å². The first-order chi connectivity index (χ1) is 13.0. The molecule has 6 heteroatoms. The molecule has 0 amide bonds. The molecule has 0 saturated carbocycles. The highest BCUT2D eigenvalue weighted by molar-refractivity contribution is 6.33. The molecular formula is C21H14Cl2N2O2. The maximum Gasteiger partial charge on any atom is 0.228 e. The normalized spacial score (nSPS) is 11.5. The van der Waals surface area contributed by atoms with Gasteiger partial charge in [0.15, 0.2) is 5.58 Å². The number of hydrogen-bond acceptors (Lipinski definition) is 4. The molecule has 4 rings (SSSR count). The second kappa shape index (κ2) is 7.06. The molecule has 4 aromatic rings. The van der Waals surface area contributed by atoms with Gasteiger partial charge < -0.3 is 9.52 Å². The first-order valence-electron chi connectivity index (χ1n) is 8.19. The van der Waals surface area contributed by atoms with E-state index in [1.165, 1.54) is 6.07 Å². The summed E-state index contributed by atoms with van der Waals surface area (Å²) in [6, 6.07) is 15.9. The Morgan fingerprint density at radius 1 is 1.04 bits per heavy atom. The van der Waals surface area contributed by atoms with Crippen LogP contribution in [0.25, 0.3) is 22.6 Å². The van der Waals surface area contributed by atoms with Gasteiger partial charge in [-0.1, -0.05) is 29.3 Å². The smallest absolute Gasteiger partial charge is 0.228 e. The van der Waals surface area contributed by atoms with Gasteiger partial charge in [-0.3, -0.25) is 4.99 Å². The zero-order valence-corrected chi connectivity index (χ0v) is 15.8. The lowest BCUT2D eigenvalue weighted by molar-refractivity contribution is 0.474. The van der Waals surface area contributed by atoms with Gasteiger partial charge in [0.05, 0.1) is 16.3 Å². The standard InChI is InChI=1S/C21H14Cl2N2O2/c1-12-2-6-18-20(8-12)27-21(25-18)16-10-15(4-5-17(16)23)24-11-13-9-14(22)3-7-19(13)26/h2-11,26H,1H3. The highest BCUT2D eigenvalue weighted by atomic mass is 35.5. The van der Waals surface area contributed by atoms with Gasteiger partial charge in [0, 0.05) is 16.8 Å². The van der Waals surface area contributed by atoms with Crippen LogP contribution in [0.1, 0.15) is 11.1 Å². The molecule has 0 unspecified atom stereocenters. The Morgan fingerprint density at radius 3 is 2.74 bits per heavy atom. The van der Waals surface area contributed by atoms with Gasteiger partial charge >= 0.3 is 0 Å². The van der Waals surface area contributed by atoms with Gasteiger partial charge in [-0.2, -0.15) is 0 Å². The zero-order chi connectivity index (χ0) is 19.0. The van der Waals surface area contributed by atoms with Gasteiger partial charge in [0.1, 0.15) is 11.3 Å². The van der Waals surface area contributed by atoms with E-state index in [-0.39, 0.29) is 5.75 Å². The lowest BCUT2D eigenvalue weighted by Crippen LogP contribution is -1.83. The van der Waals surface area contributed by atoms with Crippen molar-refractivity contribution in [3.05, 3.63) is 75.8 Å². The van der Waals surface area contributed by atoms with Gasteiger partial charge in [-0.15, -0.1) is 0 Å². The topological polar surface area (TPSA) is 58.6 Å². The number of oxazole rings is 1. The van der Waals surface area contributed by atoms with E-state index in [0.29, 0.717) is 38.3 Å². The third-order valence-corrected chi connectivity index (χ3v) is 4.63. The summed E-state index contributed by atoms with van der Waals surface area (Å²) in [7, 11) is 0. The fourth-order valence-corrected chi connectivity index (χ4v) is 3.06. The Morgan fingerprint density at radius 2 is 1.89 bits per heavy atom. The van der Waals surface area contributed by atoms with Crippen LogP contribution < -0.4 is 0 Å². The Labute approximate surface area is 165 Å². The first kappa shape index (κ1) is 17.6. The number of phenols is 1. The summed E-state index contributed by atoms with van der Waals surface area (Å²) in [5, 5.41) is 10.9. The number of nitrogens with zero attached hydrogens (tertiary/aromatic N) is 2. The highest BCUT2D eigenvalue weighted by Gasteiger charge is 2.12.